The van der Waals surface area contributed by atoms with Crippen molar-refractivity contribution < 1.29 is 13.2 Å². The summed E-state index contributed by atoms with van der Waals surface area (Å²) in [5, 5.41) is 7.28. The first-order valence-electron chi connectivity index (χ1n) is 5.19. The quantitative estimate of drug-likeness (QED) is 0.416. The molecule has 8 heteroatoms. The third-order valence-electron chi connectivity index (χ3n) is 2.25. The molecule has 0 fully saturated rings. The van der Waals surface area contributed by atoms with Crippen LogP contribution in [0.15, 0.2) is 18.2 Å². The van der Waals surface area contributed by atoms with Crippen molar-refractivity contribution >= 4 is 21.6 Å². The highest BCUT2D eigenvalue weighted by molar-refractivity contribution is 7.89. The topological polar surface area (TPSA) is 127 Å². The van der Waals surface area contributed by atoms with E-state index in [9.17, 15) is 13.2 Å². The number of hydrogen-bond acceptors (Lipinski definition) is 5. The van der Waals surface area contributed by atoms with Crippen LogP contribution in [0.2, 0.25) is 0 Å². The molecule has 0 aliphatic heterocycles. The van der Waals surface area contributed by atoms with Gasteiger partial charge in [-0.25, -0.2) is 13.6 Å². The molecule has 0 aliphatic carbocycles. The number of anilines is 1. The largest absolute Gasteiger partial charge is 0.351 e. The van der Waals surface area contributed by atoms with E-state index in [1.165, 1.54) is 0 Å². The number of carbonyl (C=O) groups excluding carboxylic acids is 1. The second-order valence-corrected chi connectivity index (χ2v) is 5.55. The van der Waals surface area contributed by atoms with Crippen LogP contribution in [0.25, 0.3) is 0 Å². The summed E-state index contributed by atoms with van der Waals surface area (Å²) in [7, 11) is -3.58. The molecule has 0 aliphatic rings. The van der Waals surface area contributed by atoms with Gasteiger partial charge >= 0.3 is 0 Å². The molecule has 1 aromatic carbocycles. The zero-order valence-electron chi connectivity index (χ0n) is 9.93. The molecule has 0 spiro atoms. The van der Waals surface area contributed by atoms with Gasteiger partial charge < -0.3 is 10.7 Å². The normalized spacial score (nSPS) is 11.1. The van der Waals surface area contributed by atoms with Crippen LogP contribution in [0.1, 0.15) is 15.9 Å². The van der Waals surface area contributed by atoms with Gasteiger partial charge in [-0.3, -0.25) is 10.6 Å². The molecule has 100 valence electrons. The third kappa shape index (κ3) is 4.32. The van der Waals surface area contributed by atoms with Gasteiger partial charge in [0.1, 0.15) is 0 Å². The van der Waals surface area contributed by atoms with Crippen molar-refractivity contribution in [3.8, 4) is 0 Å². The number of carbonyl (C=O) groups is 1. The standard InChI is InChI=1S/C10H16N4O3S/c1-7-2-3-8(9(6-7)14-11)10(15)13-4-5-18(12,16)17/h2-3,6,14H,4-5,11H2,1H3,(H,13,15)(H2,12,16,17). The lowest BCUT2D eigenvalue weighted by molar-refractivity contribution is 0.0957. The summed E-state index contributed by atoms with van der Waals surface area (Å²) in [4.78, 5) is 11.8. The Morgan fingerprint density at radius 1 is 1.39 bits per heavy atom. The fourth-order valence-corrected chi connectivity index (χ4v) is 1.76. The highest BCUT2D eigenvalue weighted by Crippen LogP contribution is 2.16. The van der Waals surface area contributed by atoms with Gasteiger partial charge in [0.05, 0.1) is 17.0 Å². The molecule has 0 aromatic heterocycles. The lowest BCUT2D eigenvalue weighted by Gasteiger charge is -2.10. The maximum Gasteiger partial charge on any atom is 0.253 e. The summed E-state index contributed by atoms with van der Waals surface area (Å²) in [6.07, 6.45) is 0. The van der Waals surface area contributed by atoms with Gasteiger partial charge in [0.2, 0.25) is 10.0 Å². The average Bonchev–Trinajstić information content (AvgIpc) is 2.26. The van der Waals surface area contributed by atoms with E-state index in [0.29, 0.717) is 11.3 Å². The lowest BCUT2D eigenvalue weighted by Crippen LogP contribution is -2.32. The molecular formula is C10H16N4O3S. The number of amides is 1. The minimum Gasteiger partial charge on any atom is -0.351 e. The molecule has 7 nitrogen and oxygen atoms in total. The smallest absolute Gasteiger partial charge is 0.253 e. The average molecular weight is 272 g/mol. The molecule has 0 saturated heterocycles. The Bertz CT molecular complexity index is 542. The van der Waals surface area contributed by atoms with E-state index in [4.69, 9.17) is 11.0 Å². The Morgan fingerprint density at radius 3 is 2.61 bits per heavy atom. The molecule has 6 N–H and O–H groups in total. The van der Waals surface area contributed by atoms with Gasteiger partial charge in [-0.05, 0) is 24.6 Å². The van der Waals surface area contributed by atoms with Crippen LogP contribution in [0.4, 0.5) is 5.69 Å². The van der Waals surface area contributed by atoms with Gasteiger partial charge in [-0.15, -0.1) is 0 Å². The maximum atomic E-state index is 11.8. The number of hydrogen-bond donors (Lipinski definition) is 4. The van der Waals surface area contributed by atoms with E-state index >= 15 is 0 Å². The van der Waals surface area contributed by atoms with Crippen LogP contribution in [-0.2, 0) is 10.0 Å². The van der Waals surface area contributed by atoms with E-state index in [-0.39, 0.29) is 12.3 Å². The predicted molar refractivity (Wildman–Crippen MR) is 69.3 cm³/mol. The molecule has 0 unspecified atom stereocenters. The molecular weight excluding hydrogens is 256 g/mol. The molecule has 0 atom stereocenters. The van der Waals surface area contributed by atoms with Crippen LogP contribution in [-0.4, -0.2) is 26.6 Å². The van der Waals surface area contributed by atoms with Crippen LogP contribution in [0.5, 0.6) is 0 Å². The number of rotatable bonds is 5. The van der Waals surface area contributed by atoms with E-state index in [1.54, 1.807) is 18.2 Å². The maximum absolute atomic E-state index is 11.8. The first-order chi connectivity index (χ1) is 8.33. The molecule has 0 bridgehead atoms. The molecule has 0 heterocycles. The summed E-state index contributed by atoms with van der Waals surface area (Å²) in [5.41, 5.74) is 4.19. The number of aryl methyl sites for hydroxylation is 1. The summed E-state index contributed by atoms with van der Waals surface area (Å²) in [5.74, 6) is 4.59. The van der Waals surface area contributed by atoms with Crippen LogP contribution < -0.4 is 21.7 Å². The summed E-state index contributed by atoms with van der Waals surface area (Å²) < 4.78 is 21.4. The van der Waals surface area contributed by atoms with Crippen LogP contribution in [0.3, 0.4) is 0 Å². The van der Waals surface area contributed by atoms with Crippen molar-refractivity contribution in [2.45, 2.75) is 6.92 Å². The highest BCUT2D eigenvalue weighted by atomic mass is 32.2. The number of primary sulfonamides is 1. The minimum absolute atomic E-state index is 0.0461. The fraction of sp³-hybridized carbons (Fsp3) is 0.300. The number of nitrogen functional groups attached to an aromatic ring is 1. The number of nitrogens with one attached hydrogen (secondary N) is 2. The molecule has 0 radical (unpaired) electrons. The van der Waals surface area contributed by atoms with Gasteiger partial charge in [-0.1, -0.05) is 6.07 Å². The van der Waals surface area contributed by atoms with Crippen molar-refractivity contribution in [3.63, 3.8) is 0 Å². The van der Waals surface area contributed by atoms with Gasteiger partial charge in [0, 0.05) is 6.54 Å². The number of nitrogens with two attached hydrogens (primary N) is 2. The zero-order chi connectivity index (χ0) is 13.8. The Balaban J connectivity index is 2.73. The Morgan fingerprint density at radius 2 is 2.06 bits per heavy atom. The van der Waals surface area contributed by atoms with Gasteiger partial charge in [-0.2, -0.15) is 0 Å². The molecule has 1 amide bonds. The van der Waals surface area contributed by atoms with Crippen LogP contribution >= 0.6 is 0 Å². The van der Waals surface area contributed by atoms with Crippen molar-refractivity contribution in [2.75, 3.05) is 17.7 Å². The molecule has 1 rings (SSSR count). The number of hydrazine groups is 1. The predicted octanol–water partition coefficient (Wildman–Crippen LogP) is -0.701. The van der Waals surface area contributed by atoms with E-state index in [2.05, 4.69) is 10.7 Å². The van der Waals surface area contributed by atoms with Crippen molar-refractivity contribution in [2.24, 2.45) is 11.0 Å². The highest BCUT2D eigenvalue weighted by Gasteiger charge is 2.11. The van der Waals surface area contributed by atoms with Gasteiger partial charge in [0.25, 0.3) is 5.91 Å². The fourth-order valence-electron chi connectivity index (χ4n) is 1.38. The van der Waals surface area contributed by atoms with Crippen molar-refractivity contribution in [1.29, 1.82) is 0 Å². The van der Waals surface area contributed by atoms with Crippen molar-refractivity contribution in [3.05, 3.63) is 29.3 Å². The molecule has 18 heavy (non-hydrogen) atoms. The summed E-state index contributed by atoms with van der Waals surface area (Å²) >= 11 is 0. The van der Waals surface area contributed by atoms with E-state index < -0.39 is 15.9 Å². The Kier molecular flexibility index (Phi) is 4.65. The Hall–Kier alpha value is -1.64. The summed E-state index contributed by atoms with van der Waals surface area (Å²) in [6, 6.07) is 5.08. The SMILES string of the molecule is Cc1ccc(C(=O)NCCS(N)(=O)=O)c(NN)c1. The molecule has 1 aromatic rings. The first-order valence-corrected chi connectivity index (χ1v) is 6.91. The van der Waals surface area contributed by atoms with Crippen molar-refractivity contribution in [1.82, 2.24) is 5.32 Å². The zero-order valence-corrected chi connectivity index (χ0v) is 10.8. The lowest BCUT2D eigenvalue weighted by atomic mass is 10.1. The monoisotopic (exact) mass is 272 g/mol. The van der Waals surface area contributed by atoms with Gasteiger partial charge in [0.15, 0.2) is 0 Å². The summed E-state index contributed by atoms with van der Waals surface area (Å²) in [6.45, 7) is 1.82. The van der Waals surface area contributed by atoms with Crippen LogP contribution in [0, 0.1) is 6.92 Å². The second kappa shape index (κ2) is 5.80. The van der Waals surface area contributed by atoms with E-state index in [1.807, 2.05) is 6.92 Å². The van der Waals surface area contributed by atoms with E-state index in [0.717, 1.165) is 5.56 Å². The first kappa shape index (κ1) is 14.4. The minimum atomic E-state index is -3.58. The Labute approximate surface area is 106 Å². The number of sulfonamides is 1. The second-order valence-electron chi connectivity index (χ2n) is 3.82. The number of benzene rings is 1. The molecule has 0 saturated carbocycles. The third-order valence-corrected chi connectivity index (χ3v) is 3.02.